The number of amides is 1. The number of benzene rings is 1. The van der Waals surface area contributed by atoms with Crippen molar-refractivity contribution >= 4 is 11.4 Å². The Kier molecular flexibility index (Phi) is 4.29. The fraction of sp³-hybridized carbons (Fsp3) is 0.158. The van der Waals surface area contributed by atoms with Gasteiger partial charge in [0.1, 0.15) is 24.1 Å². The van der Waals surface area contributed by atoms with E-state index < -0.39 is 5.56 Å². The Hall–Kier alpha value is -3.68. The Labute approximate surface area is 154 Å². The van der Waals surface area contributed by atoms with E-state index in [0.29, 0.717) is 23.5 Å². The smallest absolute Gasteiger partial charge is 0.293 e. The van der Waals surface area contributed by atoms with Crippen LogP contribution >= 0.6 is 0 Å². The maximum atomic E-state index is 12.6. The first-order chi connectivity index (χ1) is 13.1. The van der Waals surface area contributed by atoms with Crippen molar-refractivity contribution in [3.05, 3.63) is 76.5 Å². The van der Waals surface area contributed by atoms with Gasteiger partial charge in [-0.05, 0) is 30.2 Å². The second kappa shape index (κ2) is 6.91. The number of nitrogens with one attached hydrogen (secondary N) is 1. The summed E-state index contributed by atoms with van der Waals surface area (Å²) >= 11 is 0. The van der Waals surface area contributed by atoms with Crippen molar-refractivity contribution in [2.45, 2.75) is 20.0 Å². The second-order valence-electron chi connectivity index (χ2n) is 6.13. The van der Waals surface area contributed by atoms with Crippen molar-refractivity contribution in [1.82, 2.24) is 24.7 Å². The molecule has 0 atom stereocenters. The van der Waals surface area contributed by atoms with Crippen LogP contribution in [-0.4, -0.2) is 25.3 Å². The molecule has 0 fully saturated rings. The first-order valence-electron chi connectivity index (χ1n) is 8.42. The molecule has 0 spiro atoms. The van der Waals surface area contributed by atoms with Crippen molar-refractivity contribution in [2.24, 2.45) is 0 Å². The van der Waals surface area contributed by atoms with Crippen LogP contribution in [0.4, 0.5) is 0 Å². The number of aromatic nitrogens is 4. The molecule has 0 unspecified atom stereocenters. The lowest BCUT2D eigenvalue weighted by Crippen LogP contribution is -2.34. The fourth-order valence-electron chi connectivity index (χ4n) is 2.79. The number of carbonyl (C=O) groups is 1. The van der Waals surface area contributed by atoms with Gasteiger partial charge in [-0.25, -0.2) is 9.20 Å². The van der Waals surface area contributed by atoms with Crippen LogP contribution in [0.5, 0.6) is 0 Å². The van der Waals surface area contributed by atoms with Gasteiger partial charge < -0.3 is 9.73 Å². The van der Waals surface area contributed by atoms with Gasteiger partial charge in [-0.15, -0.1) is 0 Å². The monoisotopic (exact) mass is 363 g/mol. The molecule has 0 bridgehead atoms. The Morgan fingerprint density at radius 2 is 2.07 bits per heavy atom. The lowest BCUT2D eigenvalue weighted by molar-refractivity contribution is -0.122. The highest BCUT2D eigenvalue weighted by Gasteiger charge is 2.13. The Bertz CT molecular complexity index is 1160. The van der Waals surface area contributed by atoms with Gasteiger partial charge in [0.05, 0.1) is 6.26 Å². The molecule has 0 saturated carbocycles. The van der Waals surface area contributed by atoms with Gasteiger partial charge in [-0.1, -0.05) is 24.3 Å². The van der Waals surface area contributed by atoms with Crippen molar-refractivity contribution < 1.29 is 9.21 Å². The number of hydrogen-bond donors (Lipinski definition) is 1. The Morgan fingerprint density at radius 1 is 1.22 bits per heavy atom. The topological polar surface area (TPSA) is 94.4 Å². The molecule has 4 rings (SSSR count). The predicted molar refractivity (Wildman–Crippen MR) is 98.0 cm³/mol. The van der Waals surface area contributed by atoms with Crippen molar-refractivity contribution in [1.29, 1.82) is 0 Å². The van der Waals surface area contributed by atoms with E-state index in [0.717, 1.165) is 15.8 Å². The molecular weight excluding hydrogens is 346 g/mol. The summed E-state index contributed by atoms with van der Waals surface area (Å²) in [4.78, 5) is 24.8. The van der Waals surface area contributed by atoms with E-state index in [2.05, 4.69) is 15.5 Å². The van der Waals surface area contributed by atoms with Gasteiger partial charge in [-0.2, -0.15) is 10.2 Å². The molecule has 0 saturated heterocycles. The molecule has 3 aromatic heterocycles. The van der Waals surface area contributed by atoms with Gasteiger partial charge >= 0.3 is 0 Å². The number of nitrogens with zero attached hydrogens (tertiary/aromatic N) is 4. The molecule has 136 valence electrons. The highest BCUT2D eigenvalue weighted by molar-refractivity contribution is 5.75. The average Bonchev–Trinajstić information content (AvgIpc) is 3.33. The van der Waals surface area contributed by atoms with E-state index >= 15 is 0 Å². The summed E-state index contributed by atoms with van der Waals surface area (Å²) in [7, 11) is 0. The largest absolute Gasteiger partial charge is 0.463 e. The van der Waals surface area contributed by atoms with Crippen molar-refractivity contribution in [2.75, 3.05) is 0 Å². The van der Waals surface area contributed by atoms with E-state index in [9.17, 15) is 9.59 Å². The third-order valence-electron chi connectivity index (χ3n) is 4.29. The summed E-state index contributed by atoms with van der Waals surface area (Å²) in [5.74, 6) is 0.267. The lowest BCUT2D eigenvalue weighted by Gasteiger charge is -2.08. The van der Waals surface area contributed by atoms with Gasteiger partial charge in [0.2, 0.25) is 5.91 Å². The highest BCUT2D eigenvalue weighted by atomic mass is 16.3. The molecule has 0 aliphatic heterocycles. The minimum absolute atomic E-state index is 0.164. The van der Waals surface area contributed by atoms with Gasteiger partial charge in [0.15, 0.2) is 5.76 Å². The third-order valence-corrected chi connectivity index (χ3v) is 4.29. The molecule has 8 nitrogen and oxygen atoms in total. The molecule has 1 aromatic carbocycles. The summed E-state index contributed by atoms with van der Waals surface area (Å²) in [6, 6.07) is 12.9. The van der Waals surface area contributed by atoms with Crippen LogP contribution in [0.25, 0.3) is 17.0 Å². The normalized spacial score (nSPS) is 11.0. The van der Waals surface area contributed by atoms with E-state index in [1.54, 1.807) is 18.2 Å². The highest BCUT2D eigenvalue weighted by Crippen LogP contribution is 2.18. The van der Waals surface area contributed by atoms with Crippen LogP contribution in [0.15, 0.2) is 64.3 Å². The molecule has 8 heteroatoms. The molecule has 27 heavy (non-hydrogen) atoms. The third kappa shape index (κ3) is 3.37. The Morgan fingerprint density at radius 3 is 2.85 bits per heavy atom. The zero-order chi connectivity index (χ0) is 18.8. The van der Waals surface area contributed by atoms with Crippen LogP contribution < -0.4 is 10.9 Å². The number of fused-ring (bicyclic) bond motifs is 1. The first-order valence-corrected chi connectivity index (χ1v) is 8.42. The maximum absolute atomic E-state index is 12.6. The number of rotatable bonds is 5. The van der Waals surface area contributed by atoms with Crippen LogP contribution in [0.2, 0.25) is 0 Å². The van der Waals surface area contributed by atoms with Crippen molar-refractivity contribution in [3.8, 4) is 11.5 Å². The minimum Gasteiger partial charge on any atom is -0.463 e. The van der Waals surface area contributed by atoms with Crippen LogP contribution in [0.3, 0.4) is 0 Å². The number of aryl methyl sites for hydroxylation is 1. The summed E-state index contributed by atoms with van der Waals surface area (Å²) < 4.78 is 7.80. The molecule has 0 radical (unpaired) electrons. The fourth-order valence-corrected chi connectivity index (χ4v) is 2.79. The standard InChI is InChI=1S/C19H17N5O3/c1-13-5-2-3-6-14(13)10-20-18(25)11-23-19(26)16-9-15(17-7-4-8-27-17)22-24(16)12-21-23/h2-9,12H,10-11H2,1H3,(H,20,25). The SMILES string of the molecule is Cc1ccccc1CNC(=O)Cn1ncn2nc(-c3ccco3)cc2c1=O. The van der Waals surface area contributed by atoms with E-state index in [1.165, 1.54) is 17.1 Å². The second-order valence-corrected chi connectivity index (χ2v) is 6.13. The molecule has 3 heterocycles. The molecule has 4 aromatic rings. The zero-order valence-electron chi connectivity index (χ0n) is 14.6. The van der Waals surface area contributed by atoms with E-state index in [4.69, 9.17) is 4.42 Å². The lowest BCUT2D eigenvalue weighted by atomic mass is 10.1. The van der Waals surface area contributed by atoms with Crippen LogP contribution in [0.1, 0.15) is 11.1 Å². The summed E-state index contributed by atoms with van der Waals surface area (Å²) in [6.07, 6.45) is 2.94. The molecule has 1 N–H and O–H groups in total. The number of carbonyl (C=O) groups excluding carboxylic acids is 1. The quantitative estimate of drug-likeness (QED) is 0.583. The van der Waals surface area contributed by atoms with Gasteiger partial charge in [0, 0.05) is 12.6 Å². The first kappa shape index (κ1) is 16.8. The van der Waals surface area contributed by atoms with Gasteiger partial charge in [0.25, 0.3) is 5.56 Å². The predicted octanol–water partition coefficient (Wildman–Crippen LogP) is 1.78. The van der Waals surface area contributed by atoms with Crippen LogP contribution in [-0.2, 0) is 17.9 Å². The van der Waals surface area contributed by atoms with Gasteiger partial charge in [-0.3, -0.25) is 9.59 Å². The molecule has 0 aliphatic rings. The zero-order valence-corrected chi connectivity index (χ0v) is 14.6. The van der Waals surface area contributed by atoms with Crippen molar-refractivity contribution in [3.63, 3.8) is 0 Å². The molecular formula is C19H17N5O3. The average molecular weight is 363 g/mol. The minimum atomic E-state index is -0.395. The van der Waals surface area contributed by atoms with E-state index in [1.807, 2.05) is 31.2 Å². The summed E-state index contributed by atoms with van der Waals surface area (Å²) in [5.41, 5.74) is 2.58. The Balaban J connectivity index is 1.52. The molecule has 0 aliphatic carbocycles. The number of hydrogen-bond acceptors (Lipinski definition) is 5. The number of furan rings is 1. The van der Waals surface area contributed by atoms with E-state index in [-0.39, 0.29) is 12.5 Å². The summed E-state index contributed by atoms with van der Waals surface area (Å²) in [5, 5.41) is 11.1. The van der Waals surface area contributed by atoms with Crippen LogP contribution in [0, 0.1) is 6.92 Å². The molecule has 1 amide bonds. The maximum Gasteiger partial charge on any atom is 0.293 e. The summed E-state index contributed by atoms with van der Waals surface area (Å²) in [6.45, 7) is 2.22.